The molecule has 4 nitrogen and oxygen atoms in total. The van der Waals surface area contributed by atoms with Crippen molar-refractivity contribution in [2.45, 2.75) is 37.4 Å². The minimum absolute atomic E-state index is 0.166. The molecule has 1 aromatic carbocycles. The summed E-state index contributed by atoms with van der Waals surface area (Å²) in [5, 5.41) is 0. The van der Waals surface area contributed by atoms with Gasteiger partial charge in [-0.3, -0.25) is 4.79 Å². The number of esters is 1. The normalized spacial score (nSPS) is 25.7. The zero-order valence-electron chi connectivity index (χ0n) is 12.4. The van der Waals surface area contributed by atoms with Gasteiger partial charge in [0.2, 0.25) is 0 Å². The van der Waals surface area contributed by atoms with Crippen LogP contribution < -0.4 is 0 Å². The van der Waals surface area contributed by atoms with Crippen LogP contribution in [0.25, 0.3) is 0 Å². The molecule has 1 heterocycles. The molecule has 2 aliphatic rings. The summed E-state index contributed by atoms with van der Waals surface area (Å²) in [6.07, 6.45) is 3.71. The van der Waals surface area contributed by atoms with Gasteiger partial charge in [0.25, 0.3) is 0 Å². The molecule has 0 radical (unpaired) electrons. The zero-order chi connectivity index (χ0) is 14.7. The first-order valence-electron chi connectivity index (χ1n) is 7.65. The number of benzene rings is 1. The lowest BCUT2D eigenvalue weighted by Crippen LogP contribution is -2.39. The van der Waals surface area contributed by atoms with Gasteiger partial charge in [-0.1, -0.05) is 30.3 Å². The monoisotopic (exact) mass is 290 g/mol. The standard InChI is InChI=1S/C17H22O4/c1-19-16(18)15(13-6-3-2-4-7-13)14-8-5-9-17(12-14)20-10-11-21-17/h2-4,6-7,14-15H,5,8-12H2,1H3. The van der Waals surface area contributed by atoms with Crippen LogP contribution in [0.5, 0.6) is 0 Å². The van der Waals surface area contributed by atoms with Gasteiger partial charge in [0, 0.05) is 12.8 Å². The van der Waals surface area contributed by atoms with E-state index in [1.807, 2.05) is 30.3 Å². The maximum Gasteiger partial charge on any atom is 0.313 e. The Morgan fingerprint density at radius 2 is 2.00 bits per heavy atom. The van der Waals surface area contributed by atoms with Crippen LogP contribution in [0.1, 0.15) is 37.2 Å². The number of rotatable bonds is 3. The van der Waals surface area contributed by atoms with Crippen molar-refractivity contribution in [3.05, 3.63) is 35.9 Å². The molecule has 0 aromatic heterocycles. The van der Waals surface area contributed by atoms with Crippen LogP contribution in [0, 0.1) is 5.92 Å². The van der Waals surface area contributed by atoms with Crippen LogP contribution in [0.2, 0.25) is 0 Å². The maximum atomic E-state index is 12.3. The minimum Gasteiger partial charge on any atom is -0.469 e. The maximum absolute atomic E-state index is 12.3. The second kappa shape index (κ2) is 6.16. The molecule has 1 aliphatic carbocycles. The summed E-state index contributed by atoms with van der Waals surface area (Å²) in [6.45, 7) is 1.31. The molecule has 0 amide bonds. The number of hydrogen-bond donors (Lipinski definition) is 0. The topological polar surface area (TPSA) is 44.8 Å². The van der Waals surface area contributed by atoms with Crippen LogP contribution in [-0.2, 0) is 19.0 Å². The molecule has 4 heteroatoms. The third kappa shape index (κ3) is 2.97. The summed E-state index contributed by atoms with van der Waals surface area (Å²) in [4.78, 5) is 12.3. The van der Waals surface area contributed by atoms with Gasteiger partial charge >= 0.3 is 5.97 Å². The van der Waals surface area contributed by atoms with Crippen LogP contribution in [0.4, 0.5) is 0 Å². The lowest BCUT2D eigenvalue weighted by atomic mass is 9.74. The quantitative estimate of drug-likeness (QED) is 0.803. The Labute approximate surface area is 125 Å². The lowest BCUT2D eigenvalue weighted by molar-refractivity contribution is -0.190. The van der Waals surface area contributed by atoms with E-state index in [4.69, 9.17) is 14.2 Å². The Bertz CT molecular complexity index is 479. The minimum atomic E-state index is -0.468. The van der Waals surface area contributed by atoms with E-state index in [0.29, 0.717) is 13.2 Å². The molecule has 114 valence electrons. The van der Waals surface area contributed by atoms with Gasteiger partial charge < -0.3 is 14.2 Å². The molecule has 1 spiro atoms. The fourth-order valence-corrected chi connectivity index (χ4v) is 3.67. The van der Waals surface area contributed by atoms with Crippen molar-refractivity contribution in [3.63, 3.8) is 0 Å². The molecular formula is C17H22O4. The SMILES string of the molecule is COC(=O)C(c1ccccc1)C1CCCC2(C1)OCCO2. The Balaban J connectivity index is 1.84. The van der Waals surface area contributed by atoms with Crippen molar-refractivity contribution < 1.29 is 19.0 Å². The average Bonchev–Trinajstić information content (AvgIpc) is 2.96. The molecule has 3 rings (SSSR count). The summed E-state index contributed by atoms with van der Waals surface area (Å²) in [6, 6.07) is 9.89. The number of carbonyl (C=O) groups excluding carboxylic acids is 1. The second-order valence-corrected chi connectivity index (χ2v) is 5.88. The molecule has 1 saturated carbocycles. The van der Waals surface area contributed by atoms with Crippen molar-refractivity contribution in [3.8, 4) is 0 Å². The van der Waals surface area contributed by atoms with Crippen molar-refractivity contribution >= 4 is 5.97 Å². The highest BCUT2D eigenvalue weighted by Gasteiger charge is 2.45. The Kier molecular flexibility index (Phi) is 4.27. The van der Waals surface area contributed by atoms with E-state index in [9.17, 15) is 4.79 Å². The first-order valence-corrected chi connectivity index (χ1v) is 7.65. The molecule has 1 aromatic rings. The Hall–Kier alpha value is -1.39. The van der Waals surface area contributed by atoms with Gasteiger partial charge in [0.05, 0.1) is 26.2 Å². The van der Waals surface area contributed by atoms with Gasteiger partial charge in [-0.15, -0.1) is 0 Å². The van der Waals surface area contributed by atoms with Crippen molar-refractivity contribution in [1.29, 1.82) is 0 Å². The number of carbonyl (C=O) groups is 1. The average molecular weight is 290 g/mol. The van der Waals surface area contributed by atoms with Crippen molar-refractivity contribution in [1.82, 2.24) is 0 Å². The van der Waals surface area contributed by atoms with E-state index in [1.165, 1.54) is 7.11 Å². The zero-order valence-corrected chi connectivity index (χ0v) is 12.4. The molecule has 2 atom stereocenters. The van der Waals surface area contributed by atoms with Crippen LogP contribution in [0.15, 0.2) is 30.3 Å². The highest BCUT2D eigenvalue weighted by atomic mass is 16.7. The second-order valence-electron chi connectivity index (χ2n) is 5.88. The van der Waals surface area contributed by atoms with Crippen LogP contribution >= 0.6 is 0 Å². The van der Waals surface area contributed by atoms with E-state index >= 15 is 0 Å². The summed E-state index contributed by atoms with van der Waals surface area (Å²) in [7, 11) is 1.46. The van der Waals surface area contributed by atoms with Crippen molar-refractivity contribution in [2.24, 2.45) is 5.92 Å². The highest BCUT2D eigenvalue weighted by Crippen LogP contribution is 2.44. The van der Waals surface area contributed by atoms with Gasteiger partial charge in [-0.25, -0.2) is 0 Å². The summed E-state index contributed by atoms with van der Waals surface area (Å²) in [5.74, 6) is -0.668. The van der Waals surface area contributed by atoms with E-state index in [0.717, 1.165) is 31.2 Å². The van der Waals surface area contributed by atoms with Gasteiger partial charge in [-0.05, 0) is 24.3 Å². The molecule has 2 unspecified atom stereocenters. The van der Waals surface area contributed by atoms with E-state index in [1.54, 1.807) is 0 Å². The fourth-order valence-electron chi connectivity index (χ4n) is 3.67. The molecule has 0 N–H and O–H groups in total. The van der Waals surface area contributed by atoms with Gasteiger partial charge in [0.15, 0.2) is 5.79 Å². The predicted octanol–water partition coefficient (Wildman–Crippen LogP) is 2.88. The highest BCUT2D eigenvalue weighted by molar-refractivity contribution is 5.78. The Morgan fingerprint density at radius 3 is 2.67 bits per heavy atom. The molecular weight excluding hydrogens is 268 g/mol. The first-order chi connectivity index (χ1) is 10.2. The van der Waals surface area contributed by atoms with E-state index < -0.39 is 5.79 Å². The number of ether oxygens (including phenoxy) is 3. The van der Waals surface area contributed by atoms with Gasteiger partial charge in [0.1, 0.15) is 0 Å². The fraction of sp³-hybridized carbons (Fsp3) is 0.588. The van der Waals surface area contributed by atoms with Crippen LogP contribution in [-0.4, -0.2) is 32.1 Å². The molecule has 1 aliphatic heterocycles. The molecule has 2 fully saturated rings. The third-order valence-corrected chi connectivity index (χ3v) is 4.60. The summed E-state index contributed by atoms with van der Waals surface area (Å²) < 4.78 is 16.7. The van der Waals surface area contributed by atoms with Crippen LogP contribution in [0.3, 0.4) is 0 Å². The smallest absolute Gasteiger partial charge is 0.313 e. The summed E-state index contributed by atoms with van der Waals surface area (Å²) in [5.41, 5.74) is 1.02. The lowest BCUT2D eigenvalue weighted by Gasteiger charge is -2.38. The molecule has 1 saturated heterocycles. The largest absolute Gasteiger partial charge is 0.469 e. The van der Waals surface area contributed by atoms with Crippen molar-refractivity contribution in [2.75, 3.05) is 20.3 Å². The third-order valence-electron chi connectivity index (χ3n) is 4.60. The first kappa shape index (κ1) is 14.5. The number of methoxy groups -OCH3 is 1. The summed E-state index contributed by atoms with van der Waals surface area (Å²) >= 11 is 0. The Morgan fingerprint density at radius 1 is 1.29 bits per heavy atom. The van der Waals surface area contributed by atoms with E-state index in [2.05, 4.69) is 0 Å². The number of hydrogen-bond acceptors (Lipinski definition) is 4. The molecule has 21 heavy (non-hydrogen) atoms. The predicted molar refractivity (Wildman–Crippen MR) is 77.8 cm³/mol. The molecule has 0 bridgehead atoms. The van der Waals surface area contributed by atoms with Gasteiger partial charge in [-0.2, -0.15) is 0 Å². The van der Waals surface area contributed by atoms with E-state index in [-0.39, 0.29) is 17.8 Å².